The second kappa shape index (κ2) is 12.7. The Kier molecular flexibility index (Phi) is 9.60. The molecule has 0 bridgehead atoms. The Labute approximate surface area is 171 Å². The summed E-state index contributed by atoms with van der Waals surface area (Å²) < 4.78 is 6.38. The molecule has 0 aliphatic carbocycles. The van der Waals surface area contributed by atoms with Crippen LogP contribution < -0.4 is 0 Å². The van der Waals surface area contributed by atoms with Gasteiger partial charge in [-0.25, -0.2) is 0 Å². The average Bonchev–Trinajstić information content (AvgIpc) is 3.03. The summed E-state index contributed by atoms with van der Waals surface area (Å²) in [6, 6.07) is 21.6. The lowest BCUT2D eigenvalue weighted by molar-refractivity contribution is 0.0389. The monoisotopic (exact) mass is 379 g/mol. The second-order valence-electron chi connectivity index (χ2n) is 8.11. The minimum absolute atomic E-state index is 0.237. The van der Waals surface area contributed by atoms with Crippen molar-refractivity contribution in [2.24, 2.45) is 0 Å². The van der Waals surface area contributed by atoms with E-state index in [4.69, 9.17) is 4.74 Å². The summed E-state index contributed by atoms with van der Waals surface area (Å²) in [6.45, 7) is 4.62. The largest absolute Gasteiger partial charge is 0.373 e. The van der Waals surface area contributed by atoms with Crippen molar-refractivity contribution in [3.8, 4) is 0 Å². The standard InChI is InChI=1S/C26H37NO/c1-2-12-21-27(20-11-1)22-13-23-28-26(25-17-7-4-8-18-25)19-10-9-16-24-14-5-3-6-15-24/h3-8,14-15,17-18,26H,1-2,9-13,16,19-23H2. The van der Waals surface area contributed by atoms with Crippen LogP contribution in [0.25, 0.3) is 0 Å². The molecule has 28 heavy (non-hydrogen) atoms. The lowest BCUT2D eigenvalue weighted by atomic mass is 10.0. The van der Waals surface area contributed by atoms with Gasteiger partial charge < -0.3 is 9.64 Å². The molecule has 0 radical (unpaired) electrons. The van der Waals surface area contributed by atoms with Crippen LogP contribution >= 0.6 is 0 Å². The van der Waals surface area contributed by atoms with Crippen molar-refractivity contribution in [2.75, 3.05) is 26.2 Å². The van der Waals surface area contributed by atoms with Crippen molar-refractivity contribution in [2.45, 2.75) is 63.9 Å². The van der Waals surface area contributed by atoms with Crippen LogP contribution in [0.15, 0.2) is 60.7 Å². The molecule has 0 aromatic heterocycles. The summed E-state index contributed by atoms with van der Waals surface area (Å²) in [5, 5.41) is 0. The molecular formula is C26H37NO. The van der Waals surface area contributed by atoms with Crippen molar-refractivity contribution < 1.29 is 4.74 Å². The van der Waals surface area contributed by atoms with Gasteiger partial charge in [0, 0.05) is 13.2 Å². The number of rotatable bonds is 11. The van der Waals surface area contributed by atoms with Crippen LogP contribution in [0.2, 0.25) is 0 Å². The van der Waals surface area contributed by atoms with Gasteiger partial charge in [-0.1, -0.05) is 79.9 Å². The molecule has 1 unspecified atom stereocenters. The third-order valence-electron chi connectivity index (χ3n) is 5.83. The first-order chi connectivity index (χ1) is 13.9. The van der Waals surface area contributed by atoms with Gasteiger partial charge >= 0.3 is 0 Å². The van der Waals surface area contributed by atoms with Gasteiger partial charge in [-0.15, -0.1) is 0 Å². The normalized spacial score (nSPS) is 16.6. The highest BCUT2D eigenvalue weighted by molar-refractivity contribution is 5.17. The SMILES string of the molecule is c1ccc(CCCCC(OCCCN2CCCCCC2)c2ccccc2)cc1. The zero-order valence-corrected chi connectivity index (χ0v) is 17.4. The molecule has 1 atom stereocenters. The fourth-order valence-electron chi connectivity index (χ4n) is 4.19. The molecule has 152 valence electrons. The second-order valence-corrected chi connectivity index (χ2v) is 8.11. The molecular weight excluding hydrogens is 342 g/mol. The summed E-state index contributed by atoms with van der Waals surface area (Å²) in [7, 11) is 0. The summed E-state index contributed by atoms with van der Waals surface area (Å²) >= 11 is 0. The number of aryl methyl sites for hydroxylation is 1. The van der Waals surface area contributed by atoms with E-state index in [2.05, 4.69) is 65.6 Å². The lowest BCUT2D eigenvalue weighted by Gasteiger charge is -2.22. The van der Waals surface area contributed by atoms with Crippen LogP contribution in [-0.4, -0.2) is 31.1 Å². The Bertz CT molecular complexity index is 619. The number of benzene rings is 2. The van der Waals surface area contributed by atoms with Crippen molar-refractivity contribution in [3.05, 3.63) is 71.8 Å². The highest BCUT2D eigenvalue weighted by Gasteiger charge is 2.13. The Morgan fingerprint density at radius 3 is 2.14 bits per heavy atom. The molecule has 1 aliphatic rings. The van der Waals surface area contributed by atoms with E-state index in [0.717, 1.165) is 25.9 Å². The van der Waals surface area contributed by atoms with Crippen LogP contribution in [0.5, 0.6) is 0 Å². The van der Waals surface area contributed by atoms with Gasteiger partial charge in [0.15, 0.2) is 0 Å². The first kappa shape index (κ1) is 21.1. The van der Waals surface area contributed by atoms with E-state index in [0.29, 0.717) is 0 Å². The van der Waals surface area contributed by atoms with Gasteiger partial charge in [0.2, 0.25) is 0 Å². The highest BCUT2D eigenvalue weighted by Crippen LogP contribution is 2.24. The summed E-state index contributed by atoms with van der Waals surface area (Å²) in [4.78, 5) is 2.63. The quantitative estimate of drug-likeness (QED) is 0.417. The molecule has 2 nitrogen and oxygen atoms in total. The maximum Gasteiger partial charge on any atom is 0.0824 e. The topological polar surface area (TPSA) is 12.5 Å². The van der Waals surface area contributed by atoms with Crippen molar-refractivity contribution in [3.63, 3.8) is 0 Å². The number of unbranched alkanes of at least 4 members (excludes halogenated alkanes) is 1. The third kappa shape index (κ3) is 7.77. The Hall–Kier alpha value is -1.64. The molecule has 0 N–H and O–H groups in total. The molecule has 1 heterocycles. The van der Waals surface area contributed by atoms with Gasteiger partial charge in [0.25, 0.3) is 0 Å². The van der Waals surface area contributed by atoms with Crippen LogP contribution in [0.3, 0.4) is 0 Å². The summed E-state index contributed by atoms with van der Waals surface area (Å²) in [5.74, 6) is 0. The smallest absolute Gasteiger partial charge is 0.0824 e. The van der Waals surface area contributed by atoms with Gasteiger partial charge in [-0.05, 0) is 62.7 Å². The predicted molar refractivity (Wildman–Crippen MR) is 119 cm³/mol. The van der Waals surface area contributed by atoms with Crippen LogP contribution in [0.1, 0.15) is 68.6 Å². The van der Waals surface area contributed by atoms with Gasteiger partial charge in [0.05, 0.1) is 6.10 Å². The summed E-state index contributed by atoms with van der Waals surface area (Å²) in [6.07, 6.45) is 11.7. The molecule has 2 aromatic carbocycles. The predicted octanol–water partition coefficient (Wildman–Crippen LogP) is 6.42. The van der Waals surface area contributed by atoms with E-state index < -0.39 is 0 Å². The van der Waals surface area contributed by atoms with Crippen LogP contribution in [-0.2, 0) is 11.2 Å². The van der Waals surface area contributed by atoms with E-state index in [1.54, 1.807) is 0 Å². The minimum atomic E-state index is 0.237. The minimum Gasteiger partial charge on any atom is -0.373 e. The fourth-order valence-corrected chi connectivity index (χ4v) is 4.19. The van der Waals surface area contributed by atoms with Gasteiger partial charge in [-0.2, -0.15) is 0 Å². The molecule has 3 rings (SSSR count). The molecule has 0 spiro atoms. The van der Waals surface area contributed by atoms with Gasteiger partial charge in [0.1, 0.15) is 0 Å². The molecule has 2 heteroatoms. The first-order valence-electron chi connectivity index (χ1n) is 11.3. The molecule has 0 amide bonds. The third-order valence-corrected chi connectivity index (χ3v) is 5.83. The Morgan fingerprint density at radius 1 is 0.750 bits per heavy atom. The number of nitrogens with zero attached hydrogens (tertiary/aromatic N) is 1. The maximum absolute atomic E-state index is 6.38. The zero-order chi connectivity index (χ0) is 19.3. The van der Waals surface area contributed by atoms with Crippen molar-refractivity contribution in [1.82, 2.24) is 4.90 Å². The molecule has 1 aliphatic heterocycles. The number of likely N-dealkylation sites (tertiary alicyclic amines) is 1. The molecule has 1 fully saturated rings. The van der Waals surface area contributed by atoms with Crippen LogP contribution in [0, 0.1) is 0 Å². The van der Waals surface area contributed by atoms with E-state index in [-0.39, 0.29) is 6.10 Å². The highest BCUT2D eigenvalue weighted by atomic mass is 16.5. The Morgan fingerprint density at radius 2 is 1.43 bits per heavy atom. The maximum atomic E-state index is 6.38. The van der Waals surface area contributed by atoms with E-state index in [1.165, 1.54) is 69.3 Å². The van der Waals surface area contributed by atoms with Crippen molar-refractivity contribution in [1.29, 1.82) is 0 Å². The number of ether oxygens (including phenoxy) is 1. The molecule has 1 saturated heterocycles. The lowest BCUT2D eigenvalue weighted by Crippen LogP contribution is -2.26. The Balaban J connectivity index is 1.40. The molecule has 2 aromatic rings. The number of hydrogen-bond acceptors (Lipinski definition) is 2. The average molecular weight is 380 g/mol. The number of hydrogen-bond donors (Lipinski definition) is 0. The van der Waals surface area contributed by atoms with E-state index in [1.807, 2.05) is 0 Å². The van der Waals surface area contributed by atoms with E-state index in [9.17, 15) is 0 Å². The van der Waals surface area contributed by atoms with Gasteiger partial charge in [-0.3, -0.25) is 0 Å². The van der Waals surface area contributed by atoms with Crippen LogP contribution in [0.4, 0.5) is 0 Å². The summed E-state index contributed by atoms with van der Waals surface area (Å²) in [5.41, 5.74) is 2.77. The van der Waals surface area contributed by atoms with Crippen molar-refractivity contribution >= 4 is 0 Å². The fraction of sp³-hybridized carbons (Fsp3) is 0.538. The first-order valence-corrected chi connectivity index (χ1v) is 11.3. The molecule has 0 saturated carbocycles. The van der Waals surface area contributed by atoms with E-state index >= 15 is 0 Å². The zero-order valence-electron chi connectivity index (χ0n) is 17.4.